The summed E-state index contributed by atoms with van der Waals surface area (Å²) < 4.78 is 17.0. The van der Waals surface area contributed by atoms with Gasteiger partial charge in [-0.1, -0.05) is 348 Å². The van der Waals surface area contributed by atoms with Crippen LogP contribution in [0, 0.1) is 0 Å². The van der Waals surface area contributed by atoms with E-state index in [-0.39, 0.29) is 31.1 Å². The molecule has 0 saturated carbocycles. The zero-order chi connectivity index (χ0) is 55.0. The van der Waals surface area contributed by atoms with Crippen molar-refractivity contribution in [3.05, 3.63) is 12.2 Å². The second kappa shape index (κ2) is 65.7. The molecule has 0 radical (unpaired) electrons. The van der Waals surface area contributed by atoms with E-state index in [0.29, 0.717) is 19.3 Å². The first-order chi connectivity index (χ1) is 37.5. The molecule has 0 aromatic heterocycles. The van der Waals surface area contributed by atoms with Gasteiger partial charge in [-0.2, -0.15) is 0 Å². The van der Waals surface area contributed by atoms with Crippen molar-refractivity contribution in [2.24, 2.45) is 0 Å². The largest absolute Gasteiger partial charge is 0.462 e. The third-order valence-corrected chi connectivity index (χ3v) is 16.0. The molecule has 6 heteroatoms. The van der Waals surface area contributed by atoms with Gasteiger partial charge in [0.1, 0.15) is 13.2 Å². The normalized spacial score (nSPS) is 12.0. The maximum Gasteiger partial charge on any atom is 0.306 e. The number of carbonyl (C=O) groups excluding carboxylic acids is 3. The Morgan fingerprint density at radius 2 is 0.434 bits per heavy atom. The zero-order valence-corrected chi connectivity index (χ0v) is 51.8. The van der Waals surface area contributed by atoms with E-state index in [0.717, 1.165) is 57.8 Å². The molecule has 76 heavy (non-hydrogen) atoms. The highest BCUT2D eigenvalue weighted by molar-refractivity contribution is 5.71. The van der Waals surface area contributed by atoms with Crippen LogP contribution in [0.5, 0.6) is 0 Å². The molecule has 450 valence electrons. The average Bonchev–Trinajstić information content (AvgIpc) is 3.42. The van der Waals surface area contributed by atoms with E-state index in [2.05, 4.69) is 32.9 Å². The summed E-state index contributed by atoms with van der Waals surface area (Å²) in [6.45, 7) is 6.72. The highest BCUT2D eigenvalue weighted by atomic mass is 16.6. The van der Waals surface area contributed by atoms with Crippen LogP contribution in [0.1, 0.15) is 400 Å². The summed E-state index contributed by atoms with van der Waals surface area (Å²) in [5, 5.41) is 0. The molecular weight excluding hydrogens is 937 g/mol. The van der Waals surface area contributed by atoms with Crippen molar-refractivity contribution < 1.29 is 28.6 Å². The molecule has 0 rings (SSSR count). The monoisotopic (exact) mass is 1070 g/mol. The first kappa shape index (κ1) is 74.2. The predicted octanol–water partition coefficient (Wildman–Crippen LogP) is 23.6. The molecule has 0 saturated heterocycles. The number of unbranched alkanes of at least 4 members (excludes halogenated alkanes) is 52. The molecule has 0 aromatic rings. The third kappa shape index (κ3) is 63.0. The van der Waals surface area contributed by atoms with Crippen LogP contribution < -0.4 is 0 Å². The van der Waals surface area contributed by atoms with Gasteiger partial charge in [0.2, 0.25) is 0 Å². The Balaban J connectivity index is 4.16. The van der Waals surface area contributed by atoms with E-state index in [1.54, 1.807) is 0 Å². The summed E-state index contributed by atoms with van der Waals surface area (Å²) in [5.74, 6) is -0.828. The first-order valence-electron chi connectivity index (χ1n) is 34.7. The molecule has 0 aliphatic rings. The Morgan fingerprint density at radius 1 is 0.250 bits per heavy atom. The number of ether oxygens (including phenoxy) is 3. The van der Waals surface area contributed by atoms with Crippen molar-refractivity contribution in [1.82, 2.24) is 0 Å². The Hall–Kier alpha value is -1.85. The summed E-state index contributed by atoms with van der Waals surface area (Å²) in [4.78, 5) is 38.3. The minimum absolute atomic E-state index is 0.0625. The third-order valence-electron chi connectivity index (χ3n) is 16.0. The van der Waals surface area contributed by atoms with Crippen molar-refractivity contribution in [1.29, 1.82) is 0 Å². The van der Waals surface area contributed by atoms with E-state index < -0.39 is 6.10 Å². The average molecular weight is 1070 g/mol. The van der Waals surface area contributed by atoms with Gasteiger partial charge in [-0.3, -0.25) is 14.4 Å². The van der Waals surface area contributed by atoms with Crippen molar-refractivity contribution in [2.75, 3.05) is 13.2 Å². The Labute approximate surface area is 475 Å². The minimum atomic E-state index is -0.764. The minimum Gasteiger partial charge on any atom is -0.462 e. The van der Waals surface area contributed by atoms with Gasteiger partial charge in [-0.25, -0.2) is 0 Å². The molecule has 0 aliphatic heterocycles. The van der Waals surface area contributed by atoms with Crippen molar-refractivity contribution in [3.63, 3.8) is 0 Å². The van der Waals surface area contributed by atoms with E-state index in [1.165, 1.54) is 302 Å². The molecular formula is C70H134O6. The molecule has 6 nitrogen and oxygen atoms in total. The molecule has 1 atom stereocenters. The number of allylic oxidation sites excluding steroid dienone is 2. The lowest BCUT2D eigenvalue weighted by Crippen LogP contribution is -2.30. The highest BCUT2D eigenvalue weighted by Gasteiger charge is 2.19. The standard InChI is InChI=1S/C70H134O6/c1-4-7-10-13-16-19-22-25-27-29-31-32-33-34-35-36-37-38-40-41-43-45-48-51-54-57-60-63-69(72)75-66-67(65-74-68(71)62-59-56-53-50-47-24-21-18-15-12-9-6-3)76-70(73)64-61-58-55-52-49-46-44-42-39-30-28-26-23-20-17-14-11-8-5-2/h29,31,67H,4-28,30,32-66H2,1-3H3/b31-29-. The van der Waals surface area contributed by atoms with Crippen LogP contribution in [-0.2, 0) is 28.6 Å². The summed E-state index contributed by atoms with van der Waals surface area (Å²) in [6.07, 6.45) is 78.1. The number of rotatable bonds is 65. The van der Waals surface area contributed by atoms with Gasteiger partial charge < -0.3 is 14.2 Å². The topological polar surface area (TPSA) is 78.9 Å². The Kier molecular flexibility index (Phi) is 64.1. The predicted molar refractivity (Wildman–Crippen MR) is 330 cm³/mol. The van der Waals surface area contributed by atoms with Gasteiger partial charge in [0.15, 0.2) is 6.10 Å². The van der Waals surface area contributed by atoms with Crippen LogP contribution in [0.3, 0.4) is 0 Å². The molecule has 0 aliphatic carbocycles. The maximum atomic E-state index is 12.9. The van der Waals surface area contributed by atoms with Crippen LogP contribution in [0.2, 0.25) is 0 Å². The highest BCUT2D eigenvalue weighted by Crippen LogP contribution is 2.19. The maximum absolute atomic E-state index is 12.9. The molecule has 0 N–H and O–H groups in total. The van der Waals surface area contributed by atoms with Gasteiger partial charge in [0.05, 0.1) is 0 Å². The number of hydrogen-bond acceptors (Lipinski definition) is 6. The van der Waals surface area contributed by atoms with Crippen molar-refractivity contribution in [2.45, 2.75) is 406 Å². The van der Waals surface area contributed by atoms with Gasteiger partial charge in [0.25, 0.3) is 0 Å². The number of hydrogen-bond donors (Lipinski definition) is 0. The lowest BCUT2D eigenvalue weighted by molar-refractivity contribution is -0.167. The lowest BCUT2D eigenvalue weighted by atomic mass is 10.0. The lowest BCUT2D eigenvalue weighted by Gasteiger charge is -2.18. The molecule has 1 unspecified atom stereocenters. The number of carbonyl (C=O) groups is 3. The molecule has 0 spiro atoms. The van der Waals surface area contributed by atoms with Crippen LogP contribution >= 0.6 is 0 Å². The molecule has 0 amide bonds. The summed E-state index contributed by atoms with van der Waals surface area (Å²) in [7, 11) is 0. The molecule has 0 fully saturated rings. The SMILES string of the molecule is CCCCCCCCCC/C=C\CCCCCCCCCCCCCCCCCC(=O)OCC(COC(=O)CCCCCCCCCCCCCC)OC(=O)CCCCCCCCCCCCCCCCCCCCC. The van der Waals surface area contributed by atoms with Crippen LogP contribution in [0.15, 0.2) is 12.2 Å². The van der Waals surface area contributed by atoms with E-state index in [1.807, 2.05) is 0 Å². The second-order valence-corrected chi connectivity index (χ2v) is 23.8. The first-order valence-corrected chi connectivity index (χ1v) is 34.7. The molecule has 0 bridgehead atoms. The molecule has 0 aromatic carbocycles. The number of esters is 3. The fraction of sp³-hybridized carbons (Fsp3) is 0.929. The Morgan fingerprint density at radius 3 is 0.658 bits per heavy atom. The quantitative estimate of drug-likeness (QED) is 0.0261. The fourth-order valence-corrected chi connectivity index (χ4v) is 10.8. The van der Waals surface area contributed by atoms with Gasteiger partial charge in [-0.05, 0) is 44.9 Å². The Bertz CT molecular complexity index is 1180. The van der Waals surface area contributed by atoms with Gasteiger partial charge in [-0.15, -0.1) is 0 Å². The van der Waals surface area contributed by atoms with Crippen LogP contribution in [0.4, 0.5) is 0 Å². The van der Waals surface area contributed by atoms with E-state index >= 15 is 0 Å². The van der Waals surface area contributed by atoms with Gasteiger partial charge >= 0.3 is 17.9 Å². The summed E-state index contributed by atoms with van der Waals surface area (Å²) in [6, 6.07) is 0. The van der Waals surface area contributed by atoms with Crippen molar-refractivity contribution in [3.8, 4) is 0 Å². The van der Waals surface area contributed by atoms with E-state index in [4.69, 9.17) is 14.2 Å². The smallest absolute Gasteiger partial charge is 0.306 e. The van der Waals surface area contributed by atoms with Crippen molar-refractivity contribution >= 4 is 17.9 Å². The second-order valence-electron chi connectivity index (χ2n) is 23.8. The van der Waals surface area contributed by atoms with E-state index in [9.17, 15) is 14.4 Å². The zero-order valence-electron chi connectivity index (χ0n) is 51.8. The summed E-state index contributed by atoms with van der Waals surface area (Å²) >= 11 is 0. The van der Waals surface area contributed by atoms with Crippen LogP contribution in [0.25, 0.3) is 0 Å². The summed E-state index contributed by atoms with van der Waals surface area (Å²) in [5.41, 5.74) is 0. The van der Waals surface area contributed by atoms with Crippen LogP contribution in [-0.4, -0.2) is 37.2 Å². The fourth-order valence-electron chi connectivity index (χ4n) is 10.8. The van der Waals surface area contributed by atoms with Gasteiger partial charge in [0, 0.05) is 19.3 Å². The molecule has 0 heterocycles.